The molecule has 2 aromatic carbocycles. The Bertz CT molecular complexity index is 852. The summed E-state index contributed by atoms with van der Waals surface area (Å²) < 4.78 is 0. The smallest absolute Gasteiger partial charge is 0.234 e. The first-order valence-electron chi connectivity index (χ1n) is 10.2. The van der Waals surface area contributed by atoms with Crippen LogP contribution in [-0.2, 0) is 21.8 Å². The zero-order valence-electron chi connectivity index (χ0n) is 17.0. The SMILES string of the molecule is NC(=O)C1CCN(CCc2ccc(NC(=O)CSCc3cccc(Cl)c3)cc2)CC1. The van der Waals surface area contributed by atoms with Crippen molar-refractivity contribution in [1.82, 2.24) is 4.90 Å². The molecule has 0 radical (unpaired) electrons. The summed E-state index contributed by atoms with van der Waals surface area (Å²) >= 11 is 7.55. The molecule has 0 spiro atoms. The van der Waals surface area contributed by atoms with E-state index in [0.29, 0.717) is 10.8 Å². The molecule has 1 fully saturated rings. The van der Waals surface area contributed by atoms with Gasteiger partial charge in [0, 0.05) is 28.9 Å². The van der Waals surface area contributed by atoms with E-state index in [9.17, 15) is 9.59 Å². The summed E-state index contributed by atoms with van der Waals surface area (Å²) in [4.78, 5) is 25.8. The molecule has 30 heavy (non-hydrogen) atoms. The van der Waals surface area contributed by atoms with Gasteiger partial charge in [0.05, 0.1) is 5.75 Å². The van der Waals surface area contributed by atoms with Gasteiger partial charge in [0.2, 0.25) is 11.8 Å². The third kappa shape index (κ3) is 7.35. The standard InChI is InChI=1S/C23H28ClN3O2S/c24-20-3-1-2-18(14-20)15-30-16-22(28)26-21-6-4-17(5-7-21)8-11-27-12-9-19(10-13-27)23(25)29/h1-7,14,19H,8-13,15-16H2,(H2,25,29)(H,26,28). The van der Waals surface area contributed by atoms with Crippen LogP contribution in [0.15, 0.2) is 48.5 Å². The second-order valence-corrected chi connectivity index (χ2v) is 9.06. The molecule has 1 aliphatic rings. The lowest BCUT2D eigenvalue weighted by molar-refractivity contribution is -0.123. The van der Waals surface area contributed by atoms with E-state index in [0.717, 1.165) is 55.9 Å². The largest absolute Gasteiger partial charge is 0.369 e. The number of likely N-dealkylation sites (tertiary alicyclic amines) is 1. The minimum absolute atomic E-state index is 0.00731. The lowest BCUT2D eigenvalue weighted by Crippen LogP contribution is -2.39. The number of halogens is 1. The fourth-order valence-corrected chi connectivity index (χ4v) is 4.56. The summed E-state index contributed by atoms with van der Waals surface area (Å²) in [6.45, 7) is 2.82. The van der Waals surface area contributed by atoms with Gasteiger partial charge in [-0.3, -0.25) is 9.59 Å². The van der Waals surface area contributed by atoms with Gasteiger partial charge in [-0.1, -0.05) is 35.9 Å². The minimum atomic E-state index is -0.171. The Morgan fingerprint density at radius 2 is 1.83 bits per heavy atom. The van der Waals surface area contributed by atoms with Crippen molar-refractivity contribution in [3.8, 4) is 0 Å². The highest BCUT2D eigenvalue weighted by Gasteiger charge is 2.22. The van der Waals surface area contributed by atoms with E-state index < -0.39 is 0 Å². The fraction of sp³-hybridized carbons (Fsp3) is 0.391. The Kier molecular flexibility index (Phi) is 8.61. The monoisotopic (exact) mass is 445 g/mol. The molecule has 2 aromatic rings. The third-order valence-electron chi connectivity index (χ3n) is 5.34. The third-order valence-corrected chi connectivity index (χ3v) is 6.57. The number of primary amides is 1. The maximum absolute atomic E-state index is 12.2. The number of nitrogens with two attached hydrogens (primary N) is 1. The van der Waals surface area contributed by atoms with Gasteiger partial charge in [-0.05, 0) is 67.7 Å². The van der Waals surface area contributed by atoms with Crippen molar-refractivity contribution in [2.75, 3.05) is 30.7 Å². The number of carbonyl (C=O) groups excluding carboxylic acids is 2. The van der Waals surface area contributed by atoms with Crippen LogP contribution in [0, 0.1) is 5.92 Å². The second kappa shape index (κ2) is 11.4. The highest BCUT2D eigenvalue weighted by atomic mass is 35.5. The van der Waals surface area contributed by atoms with Crippen molar-refractivity contribution in [2.24, 2.45) is 11.7 Å². The van der Waals surface area contributed by atoms with Crippen LogP contribution in [0.3, 0.4) is 0 Å². The van der Waals surface area contributed by atoms with Gasteiger partial charge < -0.3 is 16.0 Å². The van der Waals surface area contributed by atoms with Gasteiger partial charge in [0.25, 0.3) is 0 Å². The average molecular weight is 446 g/mol. The number of hydrogen-bond donors (Lipinski definition) is 2. The maximum Gasteiger partial charge on any atom is 0.234 e. The molecule has 1 aliphatic heterocycles. The average Bonchev–Trinajstić information content (AvgIpc) is 2.73. The molecule has 0 bridgehead atoms. The molecule has 0 unspecified atom stereocenters. The van der Waals surface area contributed by atoms with Crippen LogP contribution in [0.5, 0.6) is 0 Å². The Balaban J connectivity index is 1.36. The van der Waals surface area contributed by atoms with E-state index in [1.54, 1.807) is 11.8 Å². The molecule has 160 valence electrons. The molecular weight excluding hydrogens is 418 g/mol. The van der Waals surface area contributed by atoms with E-state index >= 15 is 0 Å². The number of rotatable bonds is 9. The van der Waals surface area contributed by atoms with Gasteiger partial charge in [-0.2, -0.15) is 0 Å². The van der Waals surface area contributed by atoms with Crippen molar-refractivity contribution in [3.05, 3.63) is 64.7 Å². The molecule has 7 heteroatoms. The van der Waals surface area contributed by atoms with E-state index in [1.807, 2.05) is 36.4 Å². The number of piperidine rings is 1. The molecule has 5 nitrogen and oxygen atoms in total. The summed E-state index contributed by atoms with van der Waals surface area (Å²) in [5.41, 5.74) is 8.56. The number of nitrogens with one attached hydrogen (secondary N) is 1. The predicted molar refractivity (Wildman–Crippen MR) is 125 cm³/mol. The molecule has 0 atom stereocenters. The van der Waals surface area contributed by atoms with Crippen molar-refractivity contribution in [2.45, 2.75) is 25.0 Å². The van der Waals surface area contributed by atoms with Crippen LogP contribution in [0.1, 0.15) is 24.0 Å². The van der Waals surface area contributed by atoms with Crippen LogP contribution in [-0.4, -0.2) is 42.1 Å². The van der Waals surface area contributed by atoms with Gasteiger partial charge in [0.15, 0.2) is 0 Å². The number of amides is 2. The van der Waals surface area contributed by atoms with Crippen molar-refractivity contribution >= 4 is 40.9 Å². The Morgan fingerprint density at radius 3 is 2.50 bits per heavy atom. The van der Waals surface area contributed by atoms with Gasteiger partial charge >= 0.3 is 0 Å². The first-order valence-corrected chi connectivity index (χ1v) is 11.8. The van der Waals surface area contributed by atoms with E-state index in [2.05, 4.69) is 22.3 Å². The summed E-state index contributed by atoms with van der Waals surface area (Å²) in [5, 5.41) is 3.66. The lowest BCUT2D eigenvalue weighted by atomic mass is 9.96. The molecule has 0 saturated carbocycles. The van der Waals surface area contributed by atoms with E-state index in [-0.39, 0.29) is 17.7 Å². The van der Waals surface area contributed by atoms with Crippen molar-refractivity contribution in [1.29, 1.82) is 0 Å². The first-order chi connectivity index (χ1) is 14.5. The predicted octanol–water partition coefficient (Wildman–Crippen LogP) is 3.95. The van der Waals surface area contributed by atoms with Gasteiger partial charge in [0.1, 0.15) is 0 Å². The summed E-state index contributed by atoms with van der Waals surface area (Å²) in [6.07, 6.45) is 2.66. The van der Waals surface area contributed by atoms with Crippen LogP contribution in [0.25, 0.3) is 0 Å². The van der Waals surface area contributed by atoms with Crippen LogP contribution in [0.2, 0.25) is 5.02 Å². The Labute approximate surface area is 187 Å². The quantitative estimate of drug-likeness (QED) is 0.612. The van der Waals surface area contributed by atoms with Crippen LogP contribution < -0.4 is 11.1 Å². The molecule has 0 aromatic heterocycles. The number of hydrogen-bond acceptors (Lipinski definition) is 4. The van der Waals surface area contributed by atoms with Gasteiger partial charge in [-0.15, -0.1) is 11.8 Å². The first kappa shape index (κ1) is 22.7. The molecule has 3 N–H and O–H groups in total. The zero-order valence-corrected chi connectivity index (χ0v) is 18.6. The number of thioether (sulfide) groups is 1. The number of benzene rings is 2. The summed E-state index contributed by atoms with van der Waals surface area (Å²) in [5.74, 6) is 1.01. The molecule has 3 rings (SSSR count). The minimum Gasteiger partial charge on any atom is -0.369 e. The number of nitrogens with zero attached hydrogens (tertiary/aromatic N) is 1. The van der Waals surface area contributed by atoms with Crippen molar-refractivity contribution < 1.29 is 9.59 Å². The maximum atomic E-state index is 12.2. The van der Waals surface area contributed by atoms with Crippen molar-refractivity contribution in [3.63, 3.8) is 0 Å². The topological polar surface area (TPSA) is 75.4 Å². The molecule has 2 amide bonds. The summed E-state index contributed by atoms with van der Waals surface area (Å²) in [6, 6.07) is 15.7. The fourth-order valence-electron chi connectivity index (χ4n) is 3.57. The molecule has 1 heterocycles. The lowest BCUT2D eigenvalue weighted by Gasteiger charge is -2.30. The van der Waals surface area contributed by atoms with E-state index in [4.69, 9.17) is 17.3 Å². The van der Waals surface area contributed by atoms with Crippen LogP contribution in [0.4, 0.5) is 5.69 Å². The molecule has 0 aliphatic carbocycles. The number of anilines is 1. The normalized spacial score (nSPS) is 15.1. The highest BCUT2D eigenvalue weighted by Crippen LogP contribution is 2.19. The molecular formula is C23H28ClN3O2S. The Hall–Kier alpha value is -2.02. The molecule has 1 saturated heterocycles. The van der Waals surface area contributed by atoms with Gasteiger partial charge in [-0.25, -0.2) is 0 Å². The zero-order chi connectivity index (χ0) is 21.3. The van der Waals surface area contributed by atoms with E-state index in [1.165, 1.54) is 5.56 Å². The number of carbonyl (C=O) groups is 2. The summed E-state index contributed by atoms with van der Waals surface area (Å²) in [7, 11) is 0. The second-order valence-electron chi connectivity index (χ2n) is 7.64. The highest BCUT2D eigenvalue weighted by molar-refractivity contribution is 7.99. The Morgan fingerprint density at radius 1 is 1.10 bits per heavy atom. The van der Waals surface area contributed by atoms with Crippen LogP contribution >= 0.6 is 23.4 Å².